The molecule has 1 heterocycles. The fourth-order valence-electron chi connectivity index (χ4n) is 4.01. The van der Waals surface area contributed by atoms with Gasteiger partial charge in [0.25, 0.3) is 0 Å². The van der Waals surface area contributed by atoms with Crippen LogP contribution < -0.4 is 5.32 Å². The van der Waals surface area contributed by atoms with Crippen molar-refractivity contribution in [1.82, 2.24) is 9.78 Å². The fraction of sp³-hybridized carbons (Fsp3) is 0.667. The quantitative estimate of drug-likeness (QED) is 0.889. The van der Waals surface area contributed by atoms with Gasteiger partial charge in [-0.15, -0.1) is 0 Å². The van der Waals surface area contributed by atoms with E-state index in [4.69, 9.17) is 0 Å². The van der Waals surface area contributed by atoms with Crippen LogP contribution in [-0.4, -0.2) is 26.8 Å². The van der Waals surface area contributed by atoms with Gasteiger partial charge in [0.15, 0.2) is 5.82 Å². The number of carboxylic acid groups (broad SMARTS) is 1. The van der Waals surface area contributed by atoms with Crippen molar-refractivity contribution in [3.05, 3.63) is 11.8 Å². The van der Waals surface area contributed by atoms with E-state index in [0.29, 0.717) is 5.82 Å². The molecule has 21 heavy (non-hydrogen) atoms. The third kappa shape index (κ3) is 2.43. The standard InChI is InChI=1S/C15H21N3O3/c1-8-7-11(17-18(8)2)16-14(19)12-9-3-5-10(6-4-9)13(12)15(20)21/h7,9-10,12-13H,3-6H2,1-2H3,(H,20,21)(H,16,17,19)/t9?,10?,12-,13+/m0/s1. The maximum Gasteiger partial charge on any atom is 0.307 e. The van der Waals surface area contributed by atoms with Crippen LogP contribution in [0.1, 0.15) is 31.4 Å². The number of hydrogen-bond acceptors (Lipinski definition) is 3. The maximum atomic E-state index is 12.6. The van der Waals surface area contributed by atoms with Crippen molar-refractivity contribution in [3.8, 4) is 0 Å². The molecule has 114 valence electrons. The van der Waals surface area contributed by atoms with Crippen LogP contribution in [0.5, 0.6) is 0 Å². The first-order chi connectivity index (χ1) is 9.97. The third-order valence-electron chi connectivity index (χ3n) is 5.17. The molecule has 2 N–H and O–H groups in total. The second kappa shape index (κ2) is 5.16. The van der Waals surface area contributed by atoms with Gasteiger partial charge in [-0.25, -0.2) is 0 Å². The number of carbonyl (C=O) groups is 2. The molecule has 0 aromatic carbocycles. The van der Waals surface area contributed by atoms with Crippen LogP contribution in [-0.2, 0) is 16.6 Å². The van der Waals surface area contributed by atoms with Crippen molar-refractivity contribution < 1.29 is 14.7 Å². The summed E-state index contributed by atoms with van der Waals surface area (Å²) in [6.07, 6.45) is 3.81. The first-order valence-electron chi connectivity index (χ1n) is 7.51. The monoisotopic (exact) mass is 291 g/mol. The van der Waals surface area contributed by atoms with Crippen molar-refractivity contribution >= 4 is 17.7 Å². The molecule has 3 aliphatic rings. The lowest BCUT2D eigenvalue weighted by molar-refractivity contribution is -0.156. The summed E-state index contributed by atoms with van der Waals surface area (Å²) in [6, 6.07) is 1.80. The zero-order chi connectivity index (χ0) is 15.1. The Morgan fingerprint density at radius 3 is 2.29 bits per heavy atom. The number of nitrogens with one attached hydrogen (secondary N) is 1. The second-order valence-corrected chi connectivity index (χ2v) is 6.35. The SMILES string of the molecule is Cc1cc(NC(=O)[C@H]2C3CCC(CC3)[C@H]2C(=O)O)nn1C. The summed E-state index contributed by atoms with van der Waals surface area (Å²) < 4.78 is 1.69. The van der Waals surface area contributed by atoms with E-state index < -0.39 is 17.8 Å². The lowest BCUT2D eigenvalue weighted by Crippen LogP contribution is -2.49. The van der Waals surface area contributed by atoms with Gasteiger partial charge in [0.05, 0.1) is 11.8 Å². The zero-order valence-corrected chi connectivity index (χ0v) is 12.4. The van der Waals surface area contributed by atoms with Gasteiger partial charge < -0.3 is 10.4 Å². The Balaban J connectivity index is 1.80. The number of aromatic nitrogens is 2. The Morgan fingerprint density at radius 1 is 1.24 bits per heavy atom. The summed E-state index contributed by atoms with van der Waals surface area (Å²) in [4.78, 5) is 24.1. The van der Waals surface area contributed by atoms with Crippen LogP contribution in [0.25, 0.3) is 0 Å². The molecular weight excluding hydrogens is 270 g/mol. The molecule has 0 radical (unpaired) electrons. The van der Waals surface area contributed by atoms with Gasteiger partial charge in [-0.2, -0.15) is 5.10 Å². The van der Waals surface area contributed by atoms with E-state index in [1.165, 1.54) is 0 Å². The molecule has 0 spiro atoms. The predicted molar refractivity (Wildman–Crippen MR) is 76.6 cm³/mol. The Bertz CT molecular complexity index is 553. The van der Waals surface area contributed by atoms with E-state index in [9.17, 15) is 14.7 Å². The van der Waals surface area contributed by atoms with Gasteiger partial charge in [-0.05, 0) is 44.4 Å². The molecule has 0 saturated heterocycles. The summed E-state index contributed by atoms with van der Waals surface area (Å²) in [5, 5.41) is 16.5. The third-order valence-corrected chi connectivity index (χ3v) is 5.17. The number of aryl methyl sites for hydroxylation is 2. The van der Waals surface area contributed by atoms with E-state index in [2.05, 4.69) is 10.4 Å². The van der Waals surface area contributed by atoms with Crippen molar-refractivity contribution in [1.29, 1.82) is 0 Å². The molecule has 1 amide bonds. The van der Waals surface area contributed by atoms with Crippen molar-refractivity contribution in [3.63, 3.8) is 0 Å². The Kier molecular flexibility index (Phi) is 3.47. The smallest absolute Gasteiger partial charge is 0.307 e. The number of nitrogens with zero attached hydrogens (tertiary/aromatic N) is 2. The van der Waals surface area contributed by atoms with Crippen LogP contribution in [0.2, 0.25) is 0 Å². The number of anilines is 1. The van der Waals surface area contributed by atoms with Gasteiger partial charge in [-0.1, -0.05) is 0 Å². The summed E-state index contributed by atoms with van der Waals surface area (Å²) >= 11 is 0. The van der Waals surface area contributed by atoms with Crippen LogP contribution in [0.15, 0.2) is 6.07 Å². The molecule has 3 aliphatic carbocycles. The summed E-state index contributed by atoms with van der Waals surface area (Å²) in [7, 11) is 1.81. The van der Waals surface area contributed by atoms with Crippen molar-refractivity contribution in [2.75, 3.05) is 5.32 Å². The molecule has 2 atom stereocenters. The van der Waals surface area contributed by atoms with Crippen molar-refractivity contribution in [2.45, 2.75) is 32.6 Å². The number of amides is 1. The number of hydrogen-bond donors (Lipinski definition) is 2. The highest BCUT2D eigenvalue weighted by atomic mass is 16.4. The van der Waals surface area contributed by atoms with Crippen LogP contribution in [0, 0.1) is 30.6 Å². The lowest BCUT2D eigenvalue weighted by Gasteiger charge is -2.45. The minimum atomic E-state index is -0.832. The van der Waals surface area contributed by atoms with Gasteiger partial charge in [0.1, 0.15) is 0 Å². The van der Waals surface area contributed by atoms with Crippen LogP contribution >= 0.6 is 0 Å². The van der Waals surface area contributed by atoms with E-state index >= 15 is 0 Å². The average molecular weight is 291 g/mol. The molecule has 6 heteroatoms. The number of fused-ring (bicyclic) bond motifs is 3. The van der Waals surface area contributed by atoms with Crippen molar-refractivity contribution in [2.24, 2.45) is 30.7 Å². The van der Waals surface area contributed by atoms with Crippen LogP contribution in [0.4, 0.5) is 5.82 Å². The highest BCUT2D eigenvalue weighted by Crippen LogP contribution is 2.49. The average Bonchev–Trinajstić information content (AvgIpc) is 2.77. The summed E-state index contributed by atoms with van der Waals surface area (Å²) in [6.45, 7) is 1.91. The van der Waals surface area contributed by atoms with E-state index in [0.717, 1.165) is 31.4 Å². The molecule has 0 unspecified atom stereocenters. The fourth-order valence-corrected chi connectivity index (χ4v) is 4.01. The first kappa shape index (κ1) is 14.1. The molecule has 3 fully saturated rings. The molecule has 1 aromatic heterocycles. The minimum Gasteiger partial charge on any atom is -0.481 e. The normalized spacial score (nSPS) is 31.1. The lowest BCUT2D eigenvalue weighted by atomic mass is 9.58. The first-order valence-corrected chi connectivity index (χ1v) is 7.51. The largest absolute Gasteiger partial charge is 0.481 e. The maximum absolute atomic E-state index is 12.6. The van der Waals surface area contributed by atoms with Gasteiger partial charge in [-0.3, -0.25) is 14.3 Å². The van der Waals surface area contributed by atoms with Crippen LogP contribution in [0.3, 0.4) is 0 Å². The number of aliphatic carboxylic acids is 1. The number of carbonyl (C=O) groups excluding carboxylic acids is 1. The van der Waals surface area contributed by atoms with E-state index in [1.807, 2.05) is 14.0 Å². The molecule has 4 rings (SSSR count). The van der Waals surface area contributed by atoms with Gasteiger partial charge in [0, 0.05) is 18.8 Å². The molecule has 6 nitrogen and oxygen atoms in total. The Morgan fingerprint density at radius 2 is 1.81 bits per heavy atom. The number of rotatable bonds is 3. The number of carboxylic acids is 1. The molecule has 2 bridgehead atoms. The predicted octanol–water partition coefficient (Wildman–Crippen LogP) is 1.80. The second-order valence-electron chi connectivity index (χ2n) is 6.35. The summed E-state index contributed by atoms with van der Waals surface area (Å²) in [5.74, 6) is -1.13. The Labute approximate surface area is 123 Å². The highest BCUT2D eigenvalue weighted by Gasteiger charge is 2.50. The molecule has 0 aliphatic heterocycles. The topological polar surface area (TPSA) is 84.2 Å². The Hall–Kier alpha value is -1.85. The minimum absolute atomic E-state index is 0.147. The van der Waals surface area contributed by atoms with E-state index in [1.54, 1.807) is 10.7 Å². The zero-order valence-electron chi connectivity index (χ0n) is 12.4. The summed E-state index contributed by atoms with van der Waals surface area (Å²) in [5.41, 5.74) is 0.949. The molecular formula is C15H21N3O3. The highest BCUT2D eigenvalue weighted by molar-refractivity contribution is 5.95. The molecule has 3 saturated carbocycles. The molecule has 1 aromatic rings. The van der Waals surface area contributed by atoms with E-state index in [-0.39, 0.29) is 17.7 Å². The van der Waals surface area contributed by atoms with Gasteiger partial charge >= 0.3 is 5.97 Å². The van der Waals surface area contributed by atoms with Gasteiger partial charge in [0.2, 0.25) is 5.91 Å².